The Labute approximate surface area is 82.8 Å². The molecule has 0 saturated carbocycles. The average Bonchev–Trinajstić information content (AvgIpc) is 2.08. The van der Waals surface area contributed by atoms with Crippen LogP contribution in [0, 0.1) is 5.82 Å². The largest absolute Gasteiger partial charge is 0.410 e. The van der Waals surface area contributed by atoms with Crippen molar-refractivity contribution in [2.24, 2.45) is 5.73 Å². The second kappa shape index (κ2) is 4.23. The van der Waals surface area contributed by atoms with Crippen molar-refractivity contribution in [3.05, 3.63) is 29.6 Å². The number of benzene rings is 1. The van der Waals surface area contributed by atoms with Crippen molar-refractivity contribution in [2.45, 2.75) is 5.33 Å². The highest BCUT2D eigenvalue weighted by Gasteiger charge is 2.09. The number of hydrogen-bond acceptors (Lipinski definition) is 2. The molecule has 0 fully saturated rings. The highest BCUT2D eigenvalue weighted by molar-refractivity contribution is 9.08. The summed E-state index contributed by atoms with van der Waals surface area (Å²) in [6.45, 7) is 0. The van der Waals surface area contributed by atoms with Gasteiger partial charge in [-0.25, -0.2) is 9.18 Å². The van der Waals surface area contributed by atoms with E-state index in [0.29, 0.717) is 10.9 Å². The Kier molecular flexibility index (Phi) is 3.25. The molecule has 13 heavy (non-hydrogen) atoms. The van der Waals surface area contributed by atoms with Crippen LogP contribution in [0.25, 0.3) is 0 Å². The van der Waals surface area contributed by atoms with Crippen LogP contribution in [0.3, 0.4) is 0 Å². The summed E-state index contributed by atoms with van der Waals surface area (Å²) in [5, 5.41) is 0.356. The number of rotatable bonds is 2. The van der Waals surface area contributed by atoms with E-state index in [0.717, 1.165) is 0 Å². The summed E-state index contributed by atoms with van der Waals surface area (Å²) in [7, 11) is 0. The van der Waals surface area contributed by atoms with E-state index in [9.17, 15) is 9.18 Å². The zero-order valence-corrected chi connectivity index (χ0v) is 8.17. The maximum Gasteiger partial charge on any atom is 0.410 e. The van der Waals surface area contributed by atoms with Crippen molar-refractivity contribution in [3.63, 3.8) is 0 Å². The second-order valence-corrected chi connectivity index (χ2v) is 2.84. The standard InChI is InChI=1S/C8H7BrFNO2/c9-4-5-2-1-3-6(7(5)10)13-8(11)12/h1-3H,4H2,(H2,11,12). The lowest BCUT2D eigenvalue weighted by Crippen LogP contribution is -2.17. The zero-order chi connectivity index (χ0) is 9.84. The fraction of sp³-hybridized carbons (Fsp3) is 0.125. The Balaban J connectivity index is 3.01. The van der Waals surface area contributed by atoms with Crippen LogP contribution in [-0.4, -0.2) is 6.09 Å². The maximum atomic E-state index is 13.3. The van der Waals surface area contributed by atoms with Crippen molar-refractivity contribution in [1.29, 1.82) is 0 Å². The summed E-state index contributed by atoms with van der Waals surface area (Å²) in [4.78, 5) is 10.3. The lowest BCUT2D eigenvalue weighted by atomic mass is 10.2. The molecular formula is C8H7BrFNO2. The van der Waals surface area contributed by atoms with Gasteiger partial charge in [0.15, 0.2) is 11.6 Å². The van der Waals surface area contributed by atoms with Gasteiger partial charge < -0.3 is 10.5 Å². The molecule has 0 aliphatic heterocycles. The number of nitrogens with two attached hydrogens (primary N) is 1. The summed E-state index contributed by atoms with van der Waals surface area (Å²) in [6.07, 6.45) is -1.02. The minimum Gasteiger partial charge on any atom is -0.407 e. The Morgan fingerprint density at radius 2 is 2.31 bits per heavy atom. The molecule has 3 nitrogen and oxygen atoms in total. The zero-order valence-electron chi connectivity index (χ0n) is 6.59. The third-order valence-electron chi connectivity index (χ3n) is 1.40. The van der Waals surface area contributed by atoms with Crippen LogP contribution in [0.1, 0.15) is 5.56 Å². The second-order valence-electron chi connectivity index (χ2n) is 2.28. The number of alkyl halides is 1. The van der Waals surface area contributed by atoms with E-state index in [4.69, 9.17) is 5.73 Å². The van der Waals surface area contributed by atoms with Gasteiger partial charge in [-0.1, -0.05) is 28.1 Å². The Hall–Kier alpha value is -1.10. The Morgan fingerprint density at radius 1 is 1.62 bits per heavy atom. The molecule has 0 atom stereocenters. The number of amides is 1. The molecule has 1 amide bonds. The first-order chi connectivity index (χ1) is 6.15. The Morgan fingerprint density at radius 3 is 2.85 bits per heavy atom. The third-order valence-corrected chi connectivity index (χ3v) is 2.00. The molecule has 0 bridgehead atoms. The van der Waals surface area contributed by atoms with Crippen LogP contribution in [0.2, 0.25) is 0 Å². The SMILES string of the molecule is NC(=O)Oc1cccc(CBr)c1F. The highest BCUT2D eigenvalue weighted by Crippen LogP contribution is 2.21. The van der Waals surface area contributed by atoms with Crippen LogP contribution in [-0.2, 0) is 5.33 Å². The van der Waals surface area contributed by atoms with Crippen LogP contribution >= 0.6 is 15.9 Å². The van der Waals surface area contributed by atoms with Crippen molar-refractivity contribution < 1.29 is 13.9 Å². The molecule has 0 aliphatic rings. The number of primary amides is 1. The summed E-state index contributed by atoms with van der Waals surface area (Å²) >= 11 is 3.10. The van der Waals surface area contributed by atoms with Gasteiger partial charge in [-0.3, -0.25) is 0 Å². The van der Waals surface area contributed by atoms with Gasteiger partial charge >= 0.3 is 6.09 Å². The number of carbonyl (C=O) groups is 1. The van der Waals surface area contributed by atoms with Gasteiger partial charge in [0.25, 0.3) is 0 Å². The molecule has 0 aliphatic carbocycles. The lowest BCUT2D eigenvalue weighted by molar-refractivity contribution is 0.208. The van der Waals surface area contributed by atoms with E-state index in [1.807, 2.05) is 0 Å². The van der Waals surface area contributed by atoms with Crippen molar-refractivity contribution in [2.75, 3.05) is 0 Å². The van der Waals surface area contributed by atoms with Crippen molar-refractivity contribution in [3.8, 4) is 5.75 Å². The molecule has 0 spiro atoms. The maximum absolute atomic E-state index is 13.3. The first kappa shape index (κ1) is 9.98. The first-order valence-electron chi connectivity index (χ1n) is 3.45. The number of ether oxygens (including phenoxy) is 1. The Bertz CT molecular complexity index is 330. The van der Waals surface area contributed by atoms with Gasteiger partial charge in [0.05, 0.1) is 0 Å². The van der Waals surface area contributed by atoms with E-state index in [1.54, 1.807) is 12.1 Å². The van der Waals surface area contributed by atoms with E-state index < -0.39 is 11.9 Å². The molecule has 1 aromatic carbocycles. The smallest absolute Gasteiger partial charge is 0.407 e. The third kappa shape index (κ3) is 2.42. The molecule has 0 heterocycles. The highest BCUT2D eigenvalue weighted by atomic mass is 79.9. The normalized spacial score (nSPS) is 9.69. The predicted octanol–water partition coefficient (Wildman–Crippen LogP) is 2.18. The molecule has 1 aromatic rings. The van der Waals surface area contributed by atoms with Crippen LogP contribution in [0.15, 0.2) is 18.2 Å². The van der Waals surface area contributed by atoms with E-state index in [-0.39, 0.29) is 5.75 Å². The van der Waals surface area contributed by atoms with E-state index >= 15 is 0 Å². The van der Waals surface area contributed by atoms with Crippen molar-refractivity contribution in [1.82, 2.24) is 0 Å². The molecule has 0 saturated heterocycles. The molecule has 0 unspecified atom stereocenters. The molecule has 0 aromatic heterocycles. The van der Waals surface area contributed by atoms with Gasteiger partial charge in [-0.15, -0.1) is 0 Å². The van der Waals surface area contributed by atoms with Crippen LogP contribution < -0.4 is 10.5 Å². The first-order valence-corrected chi connectivity index (χ1v) is 4.58. The number of carbonyl (C=O) groups excluding carboxylic acids is 1. The fourth-order valence-corrected chi connectivity index (χ4v) is 1.28. The molecule has 2 N–H and O–H groups in total. The van der Waals surface area contributed by atoms with Crippen LogP contribution in [0.5, 0.6) is 5.75 Å². The minimum absolute atomic E-state index is 0.149. The predicted molar refractivity (Wildman–Crippen MR) is 49.2 cm³/mol. The molecule has 5 heteroatoms. The van der Waals surface area contributed by atoms with Crippen molar-refractivity contribution >= 4 is 22.0 Å². The summed E-state index contributed by atoms with van der Waals surface area (Å²) in [6, 6.07) is 4.50. The van der Waals surface area contributed by atoms with Gasteiger partial charge in [0, 0.05) is 10.9 Å². The summed E-state index contributed by atoms with van der Waals surface area (Å²) in [5.74, 6) is -0.720. The summed E-state index contributed by atoms with van der Waals surface area (Å²) < 4.78 is 17.7. The molecule has 0 radical (unpaired) electrons. The molecule has 70 valence electrons. The van der Waals surface area contributed by atoms with Gasteiger partial charge in [0.2, 0.25) is 0 Å². The fourth-order valence-electron chi connectivity index (χ4n) is 0.847. The van der Waals surface area contributed by atoms with Gasteiger partial charge in [-0.2, -0.15) is 0 Å². The van der Waals surface area contributed by atoms with E-state index in [2.05, 4.69) is 20.7 Å². The molecular weight excluding hydrogens is 241 g/mol. The van der Waals surface area contributed by atoms with Gasteiger partial charge in [0.1, 0.15) is 0 Å². The van der Waals surface area contributed by atoms with Crippen LogP contribution in [0.4, 0.5) is 9.18 Å². The topological polar surface area (TPSA) is 52.3 Å². The quantitative estimate of drug-likeness (QED) is 0.815. The lowest BCUT2D eigenvalue weighted by Gasteiger charge is -2.04. The van der Waals surface area contributed by atoms with E-state index in [1.165, 1.54) is 6.07 Å². The monoisotopic (exact) mass is 247 g/mol. The number of halogens is 2. The van der Waals surface area contributed by atoms with Gasteiger partial charge in [-0.05, 0) is 6.07 Å². The average molecular weight is 248 g/mol. The molecule has 1 rings (SSSR count). The number of hydrogen-bond donors (Lipinski definition) is 1. The summed E-state index contributed by atoms with van der Waals surface area (Å²) in [5.41, 5.74) is 5.16. The minimum atomic E-state index is -1.02.